The number of benzene rings is 2. The van der Waals surface area contributed by atoms with E-state index in [4.69, 9.17) is 9.84 Å². The number of hydrogen-bond acceptors (Lipinski definition) is 4. The van der Waals surface area contributed by atoms with Crippen LogP contribution in [-0.4, -0.2) is 54.5 Å². The van der Waals surface area contributed by atoms with Crippen molar-refractivity contribution in [2.45, 2.75) is 39.7 Å². The first kappa shape index (κ1) is 22.6. The lowest BCUT2D eigenvalue weighted by Gasteiger charge is -2.37. The third kappa shape index (κ3) is 5.40. The summed E-state index contributed by atoms with van der Waals surface area (Å²) in [5.41, 5.74) is 7.56. The van der Waals surface area contributed by atoms with E-state index < -0.39 is 0 Å². The lowest BCUT2D eigenvalue weighted by molar-refractivity contribution is 0.179. The molecule has 0 bridgehead atoms. The molecule has 32 heavy (non-hydrogen) atoms. The second-order valence-corrected chi connectivity index (χ2v) is 8.81. The molecular formula is C27H36N4O. The van der Waals surface area contributed by atoms with Gasteiger partial charge in [0.1, 0.15) is 0 Å². The summed E-state index contributed by atoms with van der Waals surface area (Å²) < 4.78 is 7.41. The standard InChI is InChI=1S/C27H36N4O/c1-22-10-9-14-27(23(22)2)30-18-16-29(17-19-30)15-8-7-11-24-20-26(21-32-3)31(28-24)25-12-5-4-6-13-25/h4-6,9-10,12-14,20H,7-8,11,15-19,21H2,1-3H3. The minimum absolute atomic E-state index is 0.576. The Hall–Kier alpha value is -2.63. The van der Waals surface area contributed by atoms with Gasteiger partial charge in [-0.15, -0.1) is 0 Å². The highest BCUT2D eigenvalue weighted by Gasteiger charge is 2.18. The molecule has 0 spiro atoms. The molecule has 1 fully saturated rings. The van der Waals surface area contributed by atoms with Gasteiger partial charge in [0.25, 0.3) is 0 Å². The fourth-order valence-corrected chi connectivity index (χ4v) is 4.57. The number of unbranched alkanes of at least 4 members (excludes halogenated alkanes) is 1. The number of hydrogen-bond donors (Lipinski definition) is 0. The van der Waals surface area contributed by atoms with Crippen LogP contribution in [0.2, 0.25) is 0 Å². The van der Waals surface area contributed by atoms with Crippen molar-refractivity contribution in [3.8, 4) is 5.69 Å². The highest BCUT2D eigenvalue weighted by Crippen LogP contribution is 2.24. The molecule has 5 heteroatoms. The Labute approximate surface area is 192 Å². The first-order valence-corrected chi connectivity index (χ1v) is 11.8. The van der Waals surface area contributed by atoms with Gasteiger partial charge in [0.05, 0.1) is 23.7 Å². The van der Waals surface area contributed by atoms with Crippen LogP contribution in [0.15, 0.2) is 54.6 Å². The van der Waals surface area contributed by atoms with E-state index in [0.29, 0.717) is 6.61 Å². The predicted molar refractivity (Wildman–Crippen MR) is 132 cm³/mol. The van der Waals surface area contributed by atoms with E-state index in [-0.39, 0.29) is 0 Å². The molecule has 2 aromatic carbocycles. The topological polar surface area (TPSA) is 33.5 Å². The maximum atomic E-state index is 5.39. The number of anilines is 1. The van der Waals surface area contributed by atoms with Crippen LogP contribution in [0.3, 0.4) is 0 Å². The largest absolute Gasteiger partial charge is 0.378 e. The molecule has 3 aromatic rings. The molecule has 1 aliphatic heterocycles. The molecule has 170 valence electrons. The maximum Gasteiger partial charge on any atom is 0.0885 e. The Bertz CT molecular complexity index is 990. The second-order valence-electron chi connectivity index (χ2n) is 8.81. The molecule has 1 aliphatic rings. The molecule has 2 heterocycles. The third-order valence-corrected chi connectivity index (χ3v) is 6.57. The van der Waals surface area contributed by atoms with Gasteiger partial charge in [-0.2, -0.15) is 5.10 Å². The number of aryl methyl sites for hydroxylation is 2. The quantitative estimate of drug-likeness (QED) is 0.456. The van der Waals surface area contributed by atoms with Gasteiger partial charge in [-0.3, -0.25) is 4.90 Å². The number of ether oxygens (including phenoxy) is 1. The molecule has 5 nitrogen and oxygen atoms in total. The summed E-state index contributed by atoms with van der Waals surface area (Å²) in [6, 6.07) is 19.2. The first-order chi connectivity index (χ1) is 15.7. The Morgan fingerprint density at radius 3 is 2.44 bits per heavy atom. The van der Waals surface area contributed by atoms with Gasteiger partial charge in [0, 0.05) is 39.0 Å². The predicted octanol–water partition coefficient (Wildman–Crippen LogP) is 4.78. The summed E-state index contributed by atoms with van der Waals surface area (Å²) in [7, 11) is 1.74. The Balaban J connectivity index is 1.24. The van der Waals surface area contributed by atoms with Crippen molar-refractivity contribution < 1.29 is 4.74 Å². The Morgan fingerprint density at radius 2 is 1.69 bits per heavy atom. The highest BCUT2D eigenvalue weighted by molar-refractivity contribution is 5.56. The normalized spacial score (nSPS) is 14.8. The van der Waals surface area contributed by atoms with Crippen LogP contribution in [0.4, 0.5) is 5.69 Å². The first-order valence-electron chi connectivity index (χ1n) is 11.8. The van der Waals surface area contributed by atoms with Crippen LogP contribution in [0, 0.1) is 13.8 Å². The van der Waals surface area contributed by atoms with Crippen LogP contribution in [0.5, 0.6) is 0 Å². The monoisotopic (exact) mass is 432 g/mol. The lowest BCUT2D eigenvalue weighted by atomic mass is 10.1. The smallest absolute Gasteiger partial charge is 0.0885 e. The van der Waals surface area contributed by atoms with Gasteiger partial charge in [0.2, 0.25) is 0 Å². The molecule has 0 amide bonds. The van der Waals surface area contributed by atoms with Gasteiger partial charge < -0.3 is 9.64 Å². The minimum Gasteiger partial charge on any atom is -0.378 e. The SMILES string of the molecule is COCc1cc(CCCCN2CCN(c3cccc(C)c3C)CC2)nn1-c1ccccc1. The second kappa shape index (κ2) is 10.8. The van der Waals surface area contributed by atoms with E-state index in [1.54, 1.807) is 7.11 Å². The number of nitrogens with zero attached hydrogens (tertiary/aromatic N) is 4. The maximum absolute atomic E-state index is 5.39. The molecular weight excluding hydrogens is 396 g/mol. The van der Waals surface area contributed by atoms with Crippen molar-refractivity contribution in [2.75, 3.05) is 44.7 Å². The number of aromatic nitrogens is 2. The number of para-hydroxylation sites is 1. The highest BCUT2D eigenvalue weighted by atomic mass is 16.5. The molecule has 0 atom stereocenters. The van der Waals surface area contributed by atoms with Crippen LogP contribution < -0.4 is 4.90 Å². The van der Waals surface area contributed by atoms with Crippen LogP contribution in [-0.2, 0) is 17.8 Å². The van der Waals surface area contributed by atoms with E-state index in [1.165, 1.54) is 29.8 Å². The van der Waals surface area contributed by atoms with Crippen molar-refractivity contribution in [1.29, 1.82) is 0 Å². The van der Waals surface area contributed by atoms with Crippen LogP contribution in [0.25, 0.3) is 5.69 Å². The van der Waals surface area contributed by atoms with Crippen molar-refractivity contribution in [3.05, 3.63) is 77.1 Å². The molecule has 0 N–H and O–H groups in total. The molecule has 1 saturated heterocycles. The van der Waals surface area contributed by atoms with Gasteiger partial charge >= 0.3 is 0 Å². The summed E-state index contributed by atoms with van der Waals surface area (Å²) in [6.07, 6.45) is 3.38. The van der Waals surface area contributed by atoms with E-state index in [1.807, 2.05) is 22.9 Å². The molecule has 4 rings (SSSR count). The zero-order valence-electron chi connectivity index (χ0n) is 19.8. The number of piperazine rings is 1. The fourth-order valence-electron chi connectivity index (χ4n) is 4.57. The molecule has 1 aromatic heterocycles. The van der Waals surface area contributed by atoms with Crippen molar-refractivity contribution in [1.82, 2.24) is 14.7 Å². The van der Waals surface area contributed by atoms with Crippen molar-refractivity contribution >= 4 is 5.69 Å². The van der Waals surface area contributed by atoms with Crippen molar-refractivity contribution in [2.24, 2.45) is 0 Å². The Morgan fingerprint density at radius 1 is 0.906 bits per heavy atom. The zero-order valence-corrected chi connectivity index (χ0v) is 19.8. The minimum atomic E-state index is 0.576. The van der Waals surface area contributed by atoms with Crippen LogP contribution in [0.1, 0.15) is 35.4 Å². The number of methoxy groups -OCH3 is 1. The average molecular weight is 433 g/mol. The third-order valence-electron chi connectivity index (χ3n) is 6.57. The summed E-state index contributed by atoms with van der Waals surface area (Å²) in [5, 5.41) is 4.86. The molecule has 0 radical (unpaired) electrons. The molecule has 0 unspecified atom stereocenters. The summed E-state index contributed by atoms with van der Waals surface area (Å²) in [5.74, 6) is 0. The fraction of sp³-hybridized carbons (Fsp3) is 0.444. The van der Waals surface area contributed by atoms with Gasteiger partial charge in [-0.25, -0.2) is 4.68 Å². The van der Waals surface area contributed by atoms with Crippen molar-refractivity contribution in [3.63, 3.8) is 0 Å². The van der Waals surface area contributed by atoms with E-state index in [9.17, 15) is 0 Å². The van der Waals surface area contributed by atoms with Gasteiger partial charge in [-0.1, -0.05) is 30.3 Å². The summed E-state index contributed by atoms with van der Waals surface area (Å²) in [4.78, 5) is 5.16. The van der Waals surface area contributed by atoms with Crippen LogP contribution >= 0.6 is 0 Å². The summed E-state index contributed by atoms with van der Waals surface area (Å²) >= 11 is 0. The molecule has 0 saturated carbocycles. The lowest BCUT2D eigenvalue weighted by Crippen LogP contribution is -2.46. The molecule has 0 aliphatic carbocycles. The summed E-state index contributed by atoms with van der Waals surface area (Å²) in [6.45, 7) is 10.7. The van der Waals surface area contributed by atoms with Gasteiger partial charge in [0.15, 0.2) is 0 Å². The Kier molecular flexibility index (Phi) is 7.61. The van der Waals surface area contributed by atoms with E-state index >= 15 is 0 Å². The number of rotatable bonds is 9. The van der Waals surface area contributed by atoms with E-state index in [2.05, 4.69) is 60.0 Å². The zero-order chi connectivity index (χ0) is 22.3. The average Bonchev–Trinajstić information content (AvgIpc) is 3.23. The van der Waals surface area contributed by atoms with E-state index in [0.717, 1.165) is 56.1 Å². The van der Waals surface area contributed by atoms with Gasteiger partial charge in [-0.05, 0) is 75.0 Å².